The molecule has 1 aliphatic heterocycles. The molecule has 2 heterocycles. The standard InChI is InChI=1S/C19H25N3O4/c1-4-25-15-7-5-14(6-8-15)18-20-16(26-21-18)9-10-17(23)22-11-12-24-13-19(22,2)3/h5-8H,4,9-13H2,1-3H3. The molecule has 1 saturated heterocycles. The summed E-state index contributed by atoms with van der Waals surface area (Å²) in [6.45, 7) is 8.35. The predicted molar refractivity (Wildman–Crippen MR) is 95.8 cm³/mol. The van der Waals surface area contributed by atoms with Crippen LogP contribution in [0.4, 0.5) is 0 Å². The Bertz CT molecular complexity index is 739. The van der Waals surface area contributed by atoms with Gasteiger partial charge in [0, 0.05) is 24.9 Å². The number of ether oxygens (including phenoxy) is 2. The molecule has 0 aliphatic carbocycles. The summed E-state index contributed by atoms with van der Waals surface area (Å²) in [5, 5.41) is 4.01. The molecule has 1 fully saturated rings. The van der Waals surface area contributed by atoms with Crippen LogP contribution >= 0.6 is 0 Å². The molecule has 3 rings (SSSR count). The van der Waals surface area contributed by atoms with Crippen molar-refractivity contribution in [3.63, 3.8) is 0 Å². The first-order valence-electron chi connectivity index (χ1n) is 8.93. The third-order valence-corrected chi connectivity index (χ3v) is 4.39. The summed E-state index contributed by atoms with van der Waals surface area (Å²) >= 11 is 0. The van der Waals surface area contributed by atoms with Gasteiger partial charge in [0.15, 0.2) is 0 Å². The van der Waals surface area contributed by atoms with Crippen molar-refractivity contribution >= 4 is 5.91 Å². The number of hydrogen-bond donors (Lipinski definition) is 0. The monoisotopic (exact) mass is 359 g/mol. The largest absolute Gasteiger partial charge is 0.494 e. The number of carbonyl (C=O) groups is 1. The molecule has 7 nitrogen and oxygen atoms in total. The fraction of sp³-hybridized carbons (Fsp3) is 0.526. The van der Waals surface area contributed by atoms with Gasteiger partial charge in [-0.05, 0) is 45.0 Å². The maximum absolute atomic E-state index is 12.5. The maximum atomic E-state index is 12.5. The van der Waals surface area contributed by atoms with Gasteiger partial charge in [-0.15, -0.1) is 0 Å². The molecule has 0 bridgehead atoms. The van der Waals surface area contributed by atoms with Crippen molar-refractivity contribution < 1.29 is 18.8 Å². The van der Waals surface area contributed by atoms with Crippen molar-refractivity contribution in [3.05, 3.63) is 30.2 Å². The molecule has 140 valence electrons. The highest BCUT2D eigenvalue weighted by Crippen LogP contribution is 2.22. The second kappa shape index (κ2) is 7.86. The first-order chi connectivity index (χ1) is 12.5. The summed E-state index contributed by atoms with van der Waals surface area (Å²) in [7, 11) is 0. The lowest BCUT2D eigenvalue weighted by Crippen LogP contribution is -2.55. The Morgan fingerprint density at radius 2 is 2.08 bits per heavy atom. The predicted octanol–water partition coefficient (Wildman–Crippen LogP) is 2.71. The molecule has 7 heteroatoms. The summed E-state index contributed by atoms with van der Waals surface area (Å²) in [6.07, 6.45) is 0.768. The number of nitrogens with zero attached hydrogens (tertiary/aromatic N) is 3. The minimum Gasteiger partial charge on any atom is -0.494 e. The van der Waals surface area contributed by atoms with E-state index in [4.69, 9.17) is 14.0 Å². The van der Waals surface area contributed by atoms with Crippen LogP contribution in [0.3, 0.4) is 0 Å². The summed E-state index contributed by atoms with van der Waals surface area (Å²) in [4.78, 5) is 18.8. The molecule has 0 N–H and O–H groups in total. The van der Waals surface area contributed by atoms with Crippen LogP contribution in [0, 0.1) is 0 Å². The molecule has 0 spiro atoms. The van der Waals surface area contributed by atoms with Crippen LogP contribution in [0.15, 0.2) is 28.8 Å². The zero-order valence-electron chi connectivity index (χ0n) is 15.5. The van der Waals surface area contributed by atoms with Crippen LogP contribution in [0.25, 0.3) is 11.4 Å². The van der Waals surface area contributed by atoms with Crippen molar-refractivity contribution in [2.24, 2.45) is 0 Å². The summed E-state index contributed by atoms with van der Waals surface area (Å²) in [6, 6.07) is 7.53. The van der Waals surface area contributed by atoms with E-state index in [1.54, 1.807) is 0 Å². The van der Waals surface area contributed by atoms with Crippen LogP contribution in [0.1, 0.15) is 33.1 Å². The quantitative estimate of drug-likeness (QED) is 0.789. The van der Waals surface area contributed by atoms with E-state index in [0.717, 1.165) is 11.3 Å². The Kier molecular flexibility index (Phi) is 5.56. The molecule has 0 radical (unpaired) electrons. The van der Waals surface area contributed by atoms with Crippen LogP contribution < -0.4 is 4.74 Å². The van der Waals surface area contributed by atoms with Crippen molar-refractivity contribution in [1.82, 2.24) is 15.0 Å². The van der Waals surface area contributed by atoms with E-state index in [-0.39, 0.29) is 11.4 Å². The van der Waals surface area contributed by atoms with E-state index >= 15 is 0 Å². The molecule has 0 saturated carbocycles. The van der Waals surface area contributed by atoms with Gasteiger partial charge in [-0.1, -0.05) is 5.16 Å². The lowest BCUT2D eigenvalue weighted by molar-refractivity contribution is -0.146. The van der Waals surface area contributed by atoms with Crippen molar-refractivity contribution in [2.45, 2.75) is 39.2 Å². The first kappa shape index (κ1) is 18.4. The molecule has 1 amide bonds. The van der Waals surface area contributed by atoms with Gasteiger partial charge in [-0.3, -0.25) is 4.79 Å². The summed E-state index contributed by atoms with van der Waals surface area (Å²) < 4.78 is 16.2. The minimum absolute atomic E-state index is 0.0825. The number of amides is 1. The molecule has 1 aromatic heterocycles. The molecule has 0 atom stereocenters. The van der Waals surface area contributed by atoms with Gasteiger partial charge in [0.05, 0.1) is 25.4 Å². The number of rotatable bonds is 6. The van der Waals surface area contributed by atoms with E-state index in [0.29, 0.717) is 50.9 Å². The van der Waals surface area contributed by atoms with Crippen molar-refractivity contribution in [3.8, 4) is 17.1 Å². The number of hydrogen-bond acceptors (Lipinski definition) is 6. The molecule has 1 aromatic carbocycles. The molecule has 2 aromatic rings. The molecule has 0 unspecified atom stereocenters. The van der Waals surface area contributed by atoms with E-state index < -0.39 is 0 Å². The normalized spacial score (nSPS) is 16.5. The van der Waals surface area contributed by atoms with E-state index in [1.165, 1.54) is 0 Å². The van der Waals surface area contributed by atoms with Crippen molar-refractivity contribution in [1.29, 1.82) is 0 Å². The second-order valence-electron chi connectivity index (χ2n) is 6.88. The van der Waals surface area contributed by atoms with E-state index in [1.807, 2.05) is 49.9 Å². The smallest absolute Gasteiger partial charge is 0.227 e. The van der Waals surface area contributed by atoms with Gasteiger partial charge < -0.3 is 18.9 Å². The van der Waals surface area contributed by atoms with E-state index in [2.05, 4.69) is 10.1 Å². The highest BCUT2D eigenvalue weighted by Gasteiger charge is 2.33. The Hall–Kier alpha value is -2.41. The van der Waals surface area contributed by atoms with Crippen LogP contribution in [-0.4, -0.2) is 52.9 Å². The number of aromatic nitrogens is 2. The third kappa shape index (κ3) is 4.22. The fourth-order valence-electron chi connectivity index (χ4n) is 3.01. The summed E-state index contributed by atoms with van der Waals surface area (Å²) in [5.41, 5.74) is 0.571. The Balaban J connectivity index is 1.59. The van der Waals surface area contributed by atoms with Gasteiger partial charge in [0.25, 0.3) is 0 Å². The second-order valence-corrected chi connectivity index (χ2v) is 6.88. The highest BCUT2D eigenvalue weighted by atomic mass is 16.5. The van der Waals surface area contributed by atoms with Gasteiger partial charge in [-0.25, -0.2) is 0 Å². The molecular formula is C19H25N3O4. The summed E-state index contributed by atoms with van der Waals surface area (Å²) in [5.74, 6) is 1.87. The highest BCUT2D eigenvalue weighted by molar-refractivity contribution is 5.77. The van der Waals surface area contributed by atoms with Crippen LogP contribution in [0.5, 0.6) is 5.75 Å². The third-order valence-electron chi connectivity index (χ3n) is 4.39. The minimum atomic E-state index is -0.280. The fourth-order valence-corrected chi connectivity index (χ4v) is 3.01. The van der Waals surface area contributed by atoms with Crippen LogP contribution in [0.2, 0.25) is 0 Å². The number of aryl methyl sites for hydroxylation is 1. The number of morpholine rings is 1. The van der Waals surface area contributed by atoms with Gasteiger partial charge >= 0.3 is 0 Å². The van der Waals surface area contributed by atoms with E-state index in [9.17, 15) is 4.79 Å². The number of carbonyl (C=O) groups excluding carboxylic acids is 1. The maximum Gasteiger partial charge on any atom is 0.227 e. The lowest BCUT2D eigenvalue weighted by Gasteiger charge is -2.42. The Morgan fingerprint density at radius 1 is 1.31 bits per heavy atom. The Morgan fingerprint density at radius 3 is 2.77 bits per heavy atom. The SMILES string of the molecule is CCOc1ccc(-c2noc(CCC(=O)N3CCOCC3(C)C)n2)cc1. The first-order valence-corrected chi connectivity index (χ1v) is 8.93. The number of benzene rings is 1. The average molecular weight is 359 g/mol. The zero-order chi connectivity index (χ0) is 18.6. The zero-order valence-corrected chi connectivity index (χ0v) is 15.5. The molecule has 26 heavy (non-hydrogen) atoms. The molecular weight excluding hydrogens is 334 g/mol. The van der Waals surface area contributed by atoms with Gasteiger partial charge in [-0.2, -0.15) is 4.98 Å². The molecule has 1 aliphatic rings. The Labute approximate surface area is 153 Å². The van der Waals surface area contributed by atoms with Crippen LogP contribution in [-0.2, 0) is 16.0 Å². The topological polar surface area (TPSA) is 77.7 Å². The average Bonchev–Trinajstić information content (AvgIpc) is 3.09. The lowest BCUT2D eigenvalue weighted by atomic mass is 10.0. The van der Waals surface area contributed by atoms with Crippen molar-refractivity contribution in [2.75, 3.05) is 26.4 Å². The van der Waals surface area contributed by atoms with Gasteiger partial charge in [0.1, 0.15) is 5.75 Å². The van der Waals surface area contributed by atoms with Gasteiger partial charge in [0.2, 0.25) is 17.6 Å².